The van der Waals surface area contributed by atoms with Crippen LogP contribution in [0.3, 0.4) is 0 Å². The summed E-state index contributed by atoms with van der Waals surface area (Å²) in [6.45, 7) is 2.96. The van der Waals surface area contributed by atoms with E-state index >= 15 is 0 Å². The Bertz CT molecular complexity index is 798. The Balaban J connectivity index is 1.75. The fourth-order valence-electron chi connectivity index (χ4n) is 3.30. The maximum Gasteiger partial charge on any atom is 0.145 e. The third kappa shape index (κ3) is 3.46. The first-order valence-electron chi connectivity index (χ1n) is 9.04. The molecule has 4 rings (SSSR count). The van der Waals surface area contributed by atoms with Gasteiger partial charge in [0.15, 0.2) is 0 Å². The molecule has 1 saturated carbocycles. The third-order valence-electron chi connectivity index (χ3n) is 4.83. The summed E-state index contributed by atoms with van der Waals surface area (Å²) in [5, 5.41) is 4.46. The third-order valence-corrected chi connectivity index (χ3v) is 5.63. The highest BCUT2D eigenvalue weighted by atomic mass is 32.2. The zero-order valence-electron chi connectivity index (χ0n) is 14.8. The van der Waals surface area contributed by atoms with Crippen LogP contribution in [0.1, 0.15) is 42.5 Å². The molecular weight excluding hydrogens is 328 g/mol. The van der Waals surface area contributed by atoms with Crippen LogP contribution in [0, 0.1) is 5.92 Å². The number of fused-ring (bicyclic) bond motifs is 1. The summed E-state index contributed by atoms with van der Waals surface area (Å²) in [7, 11) is 2.01. The Labute approximate surface area is 153 Å². The molecule has 25 heavy (non-hydrogen) atoms. The van der Waals surface area contributed by atoms with E-state index in [9.17, 15) is 0 Å². The normalized spacial score (nSPS) is 18.8. The quantitative estimate of drug-likeness (QED) is 0.733. The first-order valence-corrected chi connectivity index (χ1v) is 10.0. The Morgan fingerprint density at radius 2 is 2.08 bits per heavy atom. The Morgan fingerprint density at radius 1 is 1.24 bits per heavy atom. The lowest BCUT2D eigenvalue weighted by atomic mass is 9.99. The molecule has 0 bridgehead atoms. The van der Waals surface area contributed by atoms with Crippen molar-refractivity contribution in [3.8, 4) is 5.75 Å². The average molecular weight is 353 g/mol. The van der Waals surface area contributed by atoms with Gasteiger partial charge >= 0.3 is 0 Å². The van der Waals surface area contributed by atoms with Gasteiger partial charge in [-0.3, -0.25) is 0 Å². The van der Waals surface area contributed by atoms with E-state index in [1.807, 2.05) is 13.2 Å². The van der Waals surface area contributed by atoms with Crippen molar-refractivity contribution in [2.75, 3.05) is 19.4 Å². The predicted octanol–water partition coefficient (Wildman–Crippen LogP) is 4.69. The van der Waals surface area contributed by atoms with E-state index in [2.05, 4.69) is 53.6 Å². The first kappa shape index (κ1) is 16.7. The Hall–Kier alpha value is -1.78. The topological polar surface area (TPSA) is 34.1 Å². The van der Waals surface area contributed by atoms with Crippen LogP contribution in [-0.2, 0) is 0 Å². The van der Waals surface area contributed by atoms with Crippen molar-refractivity contribution in [1.82, 2.24) is 10.3 Å². The van der Waals surface area contributed by atoms with Gasteiger partial charge in [-0.05, 0) is 54.3 Å². The van der Waals surface area contributed by atoms with E-state index in [1.165, 1.54) is 29.5 Å². The van der Waals surface area contributed by atoms with Crippen LogP contribution < -0.4 is 10.1 Å². The van der Waals surface area contributed by atoms with E-state index in [0.29, 0.717) is 0 Å². The average Bonchev–Trinajstić information content (AvgIpc) is 3.40. The number of hydrogen-bond acceptors (Lipinski definition) is 4. The van der Waals surface area contributed by atoms with Crippen LogP contribution >= 0.6 is 11.8 Å². The van der Waals surface area contributed by atoms with Crippen molar-refractivity contribution in [3.05, 3.63) is 59.3 Å². The number of likely N-dealkylation sites (N-methyl/N-ethyl adjacent to an activating group) is 1. The molecule has 2 aliphatic carbocycles. The second-order valence-corrected chi connectivity index (χ2v) is 7.92. The van der Waals surface area contributed by atoms with Gasteiger partial charge in [0.1, 0.15) is 5.75 Å². The molecule has 3 nitrogen and oxygen atoms in total. The maximum atomic E-state index is 6.16. The number of thioether (sulfide) groups is 1. The summed E-state index contributed by atoms with van der Waals surface area (Å²) in [6, 6.07) is 11.1. The van der Waals surface area contributed by atoms with E-state index in [1.54, 1.807) is 11.8 Å². The summed E-state index contributed by atoms with van der Waals surface area (Å²) in [5.74, 6) is 2.65. The van der Waals surface area contributed by atoms with Gasteiger partial charge in [-0.1, -0.05) is 37.3 Å². The van der Waals surface area contributed by atoms with Crippen LogP contribution in [0.2, 0.25) is 0 Å². The molecule has 0 amide bonds. The summed E-state index contributed by atoms with van der Waals surface area (Å²) >= 11 is 1.77. The van der Waals surface area contributed by atoms with E-state index < -0.39 is 0 Å². The Morgan fingerprint density at radius 3 is 2.84 bits per heavy atom. The van der Waals surface area contributed by atoms with Crippen LogP contribution in [0.15, 0.2) is 47.6 Å². The molecule has 130 valence electrons. The van der Waals surface area contributed by atoms with Gasteiger partial charge in [-0.25, -0.2) is 4.98 Å². The van der Waals surface area contributed by atoms with Gasteiger partial charge < -0.3 is 10.1 Å². The molecule has 1 aromatic carbocycles. The molecular formula is C21H24N2OS. The molecule has 4 heteroatoms. The zero-order chi connectivity index (χ0) is 17.2. The number of aromatic nitrogens is 1. The monoisotopic (exact) mass is 352 g/mol. The second kappa shape index (κ2) is 7.22. The number of rotatable bonds is 7. The van der Waals surface area contributed by atoms with Crippen molar-refractivity contribution in [2.45, 2.75) is 30.8 Å². The summed E-state index contributed by atoms with van der Waals surface area (Å²) in [4.78, 5) is 4.59. The van der Waals surface area contributed by atoms with Crippen LogP contribution in [0.4, 0.5) is 0 Å². The van der Waals surface area contributed by atoms with Gasteiger partial charge in [-0.2, -0.15) is 0 Å². The minimum absolute atomic E-state index is 0.248. The number of ether oxygens (including phenoxy) is 1. The SMILES string of the molecule is CCSc1cc(C2=CC(NC)c3ccccc32)c(OCC2CC2)cn1. The van der Waals surface area contributed by atoms with Gasteiger partial charge in [-0.15, -0.1) is 11.8 Å². The number of nitrogens with one attached hydrogen (secondary N) is 1. The van der Waals surface area contributed by atoms with Gasteiger partial charge in [0.2, 0.25) is 0 Å². The van der Waals surface area contributed by atoms with Crippen molar-refractivity contribution in [3.63, 3.8) is 0 Å². The molecule has 1 heterocycles. The molecule has 2 aliphatic rings. The van der Waals surface area contributed by atoms with Crippen molar-refractivity contribution < 1.29 is 4.74 Å². The number of benzene rings is 1. The standard InChI is InChI=1S/C21H24N2OS/c1-3-25-21-11-18(20(12-23-21)24-13-14-8-9-14)17-10-19(22-2)16-7-5-4-6-15(16)17/h4-7,10-12,14,19,22H,3,8-9,13H2,1-2H3. The van der Waals surface area contributed by atoms with Crippen molar-refractivity contribution in [2.24, 2.45) is 5.92 Å². The molecule has 1 atom stereocenters. The largest absolute Gasteiger partial charge is 0.491 e. The lowest BCUT2D eigenvalue weighted by Crippen LogP contribution is -2.11. The summed E-state index contributed by atoms with van der Waals surface area (Å²) in [5.41, 5.74) is 5.03. The minimum Gasteiger partial charge on any atom is -0.491 e. The molecule has 0 saturated heterocycles. The Kier molecular flexibility index (Phi) is 4.82. The highest BCUT2D eigenvalue weighted by Crippen LogP contribution is 2.42. The highest BCUT2D eigenvalue weighted by molar-refractivity contribution is 7.99. The van der Waals surface area contributed by atoms with Gasteiger partial charge in [0.05, 0.1) is 23.9 Å². The smallest absolute Gasteiger partial charge is 0.145 e. The van der Waals surface area contributed by atoms with E-state index in [4.69, 9.17) is 4.74 Å². The molecule has 0 spiro atoms. The van der Waals surface area contributed by atoms with Crippen LogP contribution in [-0.4, -0.2) is 24.4 Å². The van der Waals surface area contributed by atoms with Crippen LogP contribution in [0.25, 0.3) is 5.57 Å². The van der Waals surface area contributed by atoms with Crippen LogP contribution in [0.5, 0.6) is 5.75 Å². The van der Waals surface area contributed by atoms with E-state index in [-0.39, 0.29) is 6.04 Å². The molecule has 1 unspecified atom stereocenters. The highest BCUT2D eigenvalue weighted by Gasteiger charge is 2.26. The number of pyridine rings is 1. The lowest BCUT2D eigenvalue weighted by molar-refractivity contribution is 0.297. The molecule has 0 radical (unpaired) electrons. The lowest BCUT2D eigenvalue weighted by Gasteiger charge is -2.14. The van der Waals surface area contributed by atoms with Crippen molar-refractivity contribution >= 4 is 17.3 Å². The zero-order valence-corrected chi connectivity index (χ0v) is 15.6. The minimum atomic E-state index is 0.248. The number of hydrogen-bond donors (Lipinski definition) is 1. The molecule has 1 aromatic heterocycles. The molecule has 1 N–H and O–H groups in total. The molecule has 1 fully saturated rings. The second-order valence-electron chi connectivity index (χ2n) is 6.64. The maximum absolute atomic E-state index is 6.16. The first-order chi connectivity index (χ1) is 12.3. The van der Waals surface area contributed by atoms with E-state index in [0.717, 1.165) is 34.6 Å². The predicted molar refractivity (Wildman–Crippen MR) is 104 cm³/mol. The fourth-order valence-corrected chi connectivity index (χ4v) is 3.93. The van der Waals surface area contributed by atoms with Gasteiger partial charge in [0, 0.05) is 5.56 Å². The van der Waals surface area contributed by atoms with Gasteiger partial charge in [0.25, 0.3) is 0 Å². The number of nitrogens with zero attached hydrogens (tertiary/aromatic N) is 1. The molecule has 0 aliphatic heterocycles. The summed E-state index contributed by atoms with van der Waals surface area (Å²) < 4.78 is 6.16. The fraction of sp³-hybridized carbons (Fsp3) is 0.381. The summed E-state index contributed by atoms with van der Waals surface area (Å²) in [6.07, 6.45) is 6.80. The molecule has 2 aromatic rings. The van der Waals surface area contributed by atoms with Crippen molar-refractivity contribution in [1.29, 1.82) is 0 Å².